The van der Waals surface area contributed by atoms with Crippen LogP contribution in [0.4, 0.5) is 5.69 Å². The first-order valence-corrected chi connectivity index (χ1v) is 14.3. The number of carbonyl (C=O) groups excluding carboxylic acids is 2. The third-order valence-electron chi connectivity index (χ3n) is 6.14. The summed E-state index contributed by atoms with van der Waals surface area (Å²) in [6.45, 7) is 3.94. The van der Waals surface area contributed by atoms with E-state index in [0.29, 0.717) is 25.1 Å². The maximum atomic E-state index is 14.0. The van der Waals surface area contributed by atoms with E-state index < -0.39 is 28.5 Å². The lowest BCUT2D eigenvalue weighted by Crippen LogP contribution is -2.53. The monoisotopic (exact) mass is 521 g/mol. The molecule has 7 nitrogen and oxygen atoms in total. The molecule has 37 heavy (non-hydrogen) atoms. The van der Waals surface area contributed by atoms with Gasteiger partial charge in [0.05, 0.1) is 11.9 Å². The fourth-order valence-corrected chi connectivity index (χ4v) is 5.15. The summed E-state index contributed by atoms with van der Waals surface area (Å²) in [6, 6.07) is 25.2. The molecule has 0 aliphatic carbocycles. The van der Waals surface area contributed by atoms with Crippen molar-refractivity contribution in [2.45, 2.75) is 39.3 Å². The normalized spacial score (nSPS) is 12.0. The first kappa shape index (κ1) is 27.9. The highest BCUT2D eigenvalue weighted by Gasteiger charge is 2.33. The fraction of sp³-hybridized carbons (Fsp3) is 0.310. The van der Waals surface area contributed by atoms with Crippen LogP contribution in [-0.2, 0) is 39.0 Å². The minimum atomic E-state index is -3.78. The van der Waals surface area contributed by atoms with Crippen LogP contribution in [0.3, 0.4) is 0 Å². The number of sulfonamides is 1. The van der Waals surface area contributed by atoms with Crippen LogP contribution >= 0.6 is 0 Å². The molecule has 0 unspecified atom stereocenters. The van der Waals surface area contributed by atoms with E-state index in [0.717, 1.165) is 27.3 Å². The number of nitrogens with zero attached hydrogens (tertiary/aromatic N) is 2. The van der Waals surface area contributed by atoms with Gasteiger partial charge in [-0.25, -0.2) is 8.42 Å². The largest absolute Gasteiger partial charge is 0.355 e. The van der Waals surface area contributed by atoms with Crippen LogP contribution in [-0.4, -0.2) is 50.5 Å². The van der Waals surface area contributed by atoms with Gasteiger partial charge in [0.15, 0.2) is 0 Å². The molecule has 0 saturated carbocycles. The summed E-state index contributed by atoms with van der Waals surface area (Å²) in [5.74, 6) is -0.733. The number of carbonyl (C=O) groups is 2. The van der Waals surface area contributed by atoms with E-state index in [1.807, 2.05) is 86.6 Å². The van der Waals surface area contributed by atoms with Gasteiger partial charge in [0.2, 0.25) is 21.8 Å². The summed E-state index contributed by atoms with van der Waals surface area (Å²) in [4.78, 5) is 28.8. The summed E-state index contributed by atoms with van der Waals surface area (Å²) >= 11 is 0. The predicted molar refractivity (Wildman–Crippen MR) is 148 cm³/mol. The molecule has 0 heterocycles. The van der Waals surface area contributed by atoms with Crippen LogP contribution in [0.25, 0.3) is 0 Å². The van der Waals surface area contributed by atoms with Crippen molar-refractivity contribution in [2.75, 3.05) is 23.7 Å². The summed E-state index contributed by atoms with van der Waals surface area (Å²) in [6.07, 6.45) is 2.01. The molecule has 0 radical (unpaired) electrons. The summed E-state index contributed by atoms with van der Waals surface area (Å²) in [5.41, 5.74) is 3.04. The maximum Gasteiger partial charge on any atom is 0.244 e. The Hall–Kier alpha value is -3.65. The molecular formula is C29H35N3O4S. The number of hydrogen-bond acceptors (Lipinski definition) is 4. The smallest absolute Gasteiger partial charge is 0.244 e. The standard InChI is InChI=1S/C29H35N3O4S/c1-4-25-18-12-13-19-26(25)32(37(3,35)36)22-28(33)31(21-24-16-10-7-11-17-24)27(29(34)30-5-2)20-23-14-8-6-9-15-23/h6-19,27H,4-5,20-22H2,1-3H3,(H,30,34)/t27-/m1/s1. The lowest BCUT2D eigenvalue weighted by atomic mass is 10.0. The average molecular weight is 522 g/mol. The number of rotatable bonds is 12. The van der Waals surface area contributed by atoms with Crippen LogP contribution in [0.5, 0.6) is 0 Å². The number of aryl methyl sites for hydroxylation is 1. The molecule has 3 aromatic rings. The number of anilines is 1. The van der Waals surface area contributed by atoms with E-state index >= 15 is 0 Å². The summed E-state index contributed by atoms with van der Waals surface area (Å²) < 4.78 is 26.9. The van der Waals surface area contributed by atoms with E-state index in [1.165, 1.54) is 4.90 Å². The second kappa shape index (κ2) is 13.1. The zero-order chi connectivity index (χ0) is 26.8. The minimum Gasteiger partial charge on any atom is -0.355 e. The number of para-hydroxylation sites is 1. The maximum absolute atomic E-state index is 14.0. The molecule has 8 heteroatoms. The zero-order valence-corrected chi connectivity index (χ0v) is 22.4. The van der Waals surface area contributed by atoms with Gasteiger partial charge < -0.3 is 10.2 Å². The van der Waals surface area contributed by atoms with Crippen molar-refractivity contribution in [1.29, 1.82) is 0 Å². The fourth-order valence-electron chi connectivity index (χ4n) is 4.27. The molecule has 0 aromatic heterocycles. The van der Waals surface area contributed by atoms with Crippen LogP contribution in [0.2, 0.25) is 0 Å². The number of hydrogen-bond donors (Lipinski definition) is 1. The van der Waals surface area contributed by atoms with Gasteiger partial charge in [-0.1, -0.05) is 85.8 Å². The lowest BCUT2D eigenvalue weighted by Gasteiger charge is -2.33. The Balaban J connectivity index is 2.04. The molecule has 0 fully saturated rings. The summed E-state index contributed by atoms with van der Waals surface area (Å²) in [7, 11) is -3.78. The second-order valence-corrected chi connectivity index (χ2v) is 10.8. The zero-order valence-electron chi connectivity index (χ0n) is 21.6. The molecule has 2 amide bonds. The van der Waals surface area contributed by atoms with Crippen molar-refractivity contribution in [3.05, 3.63) is 102 Å². The van der Waals surface area contributed by atoms with Crippen molar-refractivity contribution < 1.29 is 18.0 Å². The minimum absolute atomic E-state index is 0.168. The van der Waals surface area contributed by atoms with Crippen molar-refractivity contribution in [3.63, 3.8) is 0 Å². The number of amides is 2. The lowest BCUT2D eigenvalue weighted by molar-refractivity contribution is -0.140. The highest BCUT2D eigenvalue weighted by atomic mass is 32.2. The van der Waals surface area contributed by atoms with Crippen LogP contribution in [0.15, 0.2) is 84.9 Å². The van der Waals surface area contributed by atoms with Gasteiger partial charge in [-0.05, 0) is 36.1 Å². The molecule has 0 spiro atoms. The van der Waals surface area contributed by atoms with Crippen LogP contribution in [0.1, 0.15) is 30.5 Å². The quantitative estimate of drug-likeness (QED) is 0.393. The summed E-state index contributed by atoms with van der Waals surface area (Å²) in [5, 5.41) is 2.86. The third-order valence-corrected chi connectivity index (χ3v) is 7.26. The molecule has 1 atom stereocenters. The van der Waals surface area contributed by atoms with Gasteiger partial charge >= 0.3 is 0 Å². The van der Waals surface area contributed by atoms with Crippen molar-refractivity contribution >= 4 is 27.5 Å². The molecule has 0 bridgehead atoms. The van der Waals surface area contributed by atoms with E-state index in [-0.39, 0.29) is 12.5 Å². The van der Waals surface area contributed by atoms with Gasteiger partial charge in [-0.2, -0.15) is 0 Å². The highest BCUT2D eigenvalue weighted by Crippen LogP contribution is 2.24. The van der Waals surface area contributed by atoms with E-state index in [9.17, 15) is 18.0 Å². The Morgan fingerprint density at radius 2 is 1.41 bits per heavy atom. The van der Waals surface area contributed by atoms with Crippen molar-refractivity contribution in [1.82, 2.24) is 10.2 Å². The Morgan fingerprint density at radius 1 is 0.838 bits per heavy atom. The van der Waals surface area contributed by atoms with Gasteiger partial charge in [-0.3, -0.25) is 13.9 Å². The van der Waals surface area contributed by atoms with Crippen molar-refractivity contribution in [2.24, 2.45) is 0 Å². The van der Waals surface area contributed by atoms with E-state index in [1.54, 1.807) is 12.1 Å². The number of nitrogens with one attached hydrogen (secondary N) is 1. The Bertz CT molecular complexity index is 1280. The molecule has 1 N–H and O–H groups in total. The van der Waals surface area contributed by atoms with Crippen LogP contribution in [0, 0.1) is 0 Å². The SMILES string of the molecule is CCNC(=O)[C@@H](Cc1ccccc1)N(Cc1ccccc1)C(=O)CN(c1ccccc1CC)S(C)(=O)=O. The van der Waals surface area contributed by atoms with Gasteiger partial charge in [0, 0.05) is 19.5 Å². The topological polar surface area (TPSA) is 86.8 Å². The predicted octanol–water partition coefficient (Wildman–Crippen LogP) is 3.79. The molecule has 196 valence electrons. The molecule has 0 aliphatic rings. The second-order valence-electron chi connectivity index (χ2n) is 8.86. The van der Waals surface area contributed by atoms with E-state index in [2.05, 4.69) is 5.32 Å². The Morgan fingerprint density at radius 3 is 1.97 bits per heavy atom. The first-order valence-electron chi connectivity index (χ1n) is 12.4. The molecule has 3 aromatic carbocycles. The van der Waals surface area contributed by atoms with Gasteiger partial charge in [0.1, 0.15) is 12.6 Å². The highest BCUT2D eigenvalue weighted by molar-refractivity contribution is 7.92. The number of likely N-dealkylation sites (N-methyl/N-ethyl adjacent to an activating group) is 1. The van der Waals surface area contributed by atoms with Gasteiger partial charge in [0.25, 0.3) is 0 Å². The number of benzene rings is 3. The first-order chi connectivity index (χ1) is 17.7. The average Bonchev–Trinajstić information content (AvgIpc) is 2.89. The van der Waals surface area contributed by atoms with Gasteiger partial charge in [-0.15, -0.1) is 0 Å². The Labute approximate surface area is 220 Å². The molecule has 0 aliphatic heterocycles. The Kier molecular flexibility index (Phi) is 9.85. The van der Waals surface area contributed by atoms with Crippen LogP contribution < -0.4 is 9.62 Å². The molecular weight excluding hydrogens is 486 g/mol. The molecule has 3 rings (SSSR count). The third kappa shape index (κ3) is 7.67. The molecule has 0 saturated heterocycles. The van der Waals surface area contributed by atoms with Crippen molar-refractivity contribution in [3.8, 4) is 0 Å². The van der Waals surface area contributed by atoms with E-state index in [4.69, 9.17) is 0 Å².